The number of carbonyl (C=O) groups excluding carboxylic acids is 2. The van der Waals surface area contributed by atoms with Gasteiger partial charge >= 0.3 is 0 Å². The van der Waals surface area contributed by atoms with Crippen LogP contribution in [0.25, 0.3) is 0 Å². The molecule has 2 rings (SSSR count). The lowest BCUT2D eigenvalue weighted by Gasteiger charge is -2.29. The molecular weight excluding hydrogens is 480 g/mol. The van der Waals surface area contributed by atoms with E-state index in [0.717, 1.165) is 10.0 Å². The van der Waals surface area contributed by atoms with Crippen LogP contribution in [-0.4, -0.2) is 35.9 Å². The van der Waals surface area contributed by atoms with Crippen molar-refractivity contribution >= 4 is 39.3 Å². The minimum atomic E-state index is -0.563. The summed E-state index contributed by atoms with van der Waals surface area (Å²) in [5.41, 5.74) is 0.970. The van der Waals surface area contributed by atoms with Gasteiger partial charge in [0.15, 0.2) is 0 Å². The summed E-state index contributed by atoms with van der Waals surface area (Å²) >= 11 is 9.30. The summed E-state index contributed by atoms with van der Waals surface area (Å²) in [5.74, 6) is 0.841. The van der Waals surface area contributed by atoms with Crippen LogP contribution in [0, 0.1) is 5.92 Å². The van der Waals surface area contributed by atoms with Gasteiger partial charge in [-0.3, -0.25) is 9.59 Å². The zero-order valence-corrected chi connectivity index (χ0v) is 20.6. The van der Waals surface area contributed by atoms with Gasteiger partial charge in [-0.2, -0.15) is 0 Å². The van der Waals surface area contributed by atoms with Crippen LogP contribution in [0.15, 0.2) is 53.0 Å². The van der Waals surface area contributed by atoms with Gasteiger partial charge in [-0.25, -0.2) is 0 Å². The summed E-state index contributed by atoms with van der Waals surface area (Å²) in [6, 6.07) is 14.3. The first-order chi connectivity index (χ1) is 14.8. The Morgan fingerprint density at radius 1 is 1.06 bits per heavy atom. The molecule has 0 radical (unpaired) electrons. The van der Waals surface area contributed by atoms with E-state index >= 15 is 0 Å². The summed E-state index contributed by atoms with van der Waals surface area (Å²) in [5, 5.41) is 3.58. The van der Waals surface area contributed by atoms with Crippen LogP contribution in [0.3, 0.4) is 0 Å². The molecule has 0 bridgehead atoms. The minimum Gasteiger partial charge on any atom is -0.494 e. The van der Waals surface area contributed by atoms with Gasteiger partial charge in [0.1, 0.15) is 11.8 Å². The summed E-state index contributed by atoms with van der Waals surface area (Å²) in [7, 11) is 0. The van der Waals surface area contributed by atoms with E-state index in [1.807, 2.05) is 38.1 Å². The third-order valence-corrected chi connectivity index (χ3v) is 5.52. The van der Waals surface area contributed by atoms with Crippen LogP contribution in [0.1, 0.15) is 39.2 Å². The fourth-order valence-corrected chi connectivity index (χ4v) is 3.30. The molecule has 2 amide bonds. The van der Waals surface area contributed by atoms with Crippen molar-refractivity contribution in [2.24, 2.45) is 5.92 Å². The maximum Gasteiger partial charge on any atom is 0.242 e. The highest BCUT2D eigenvalue weighted by Gasteiger charge is 2.25. The molecule has 1 N–H and O–H groups in total. The zero-order chi connectivity index (χ0) is 22.8. The van der Waals surface area contributed by atoms with Gasteiger partial charge in [-0.05, 0) is 61.2 Å². The number of nitrogens with one attached hydrogen (secondary N) is 1. The topological polar surface area (TPSA) is 58.6 Å². The monoisotopic (exact) mass is 508 g/mol. The van der Waals surface area contributed by atoms with E-state index in [4.69, 9.17) is 16.3 Å². The van der Waals surface area contributed by atoms with E-state index in [1.165, 1.54) is 0 Å². The van der Waals surface area contributed by atoms with E-state index < -0.39 is 6.04 Å². The Hall–Kier alpha value is -2.05. The first-order valence-corrected chi connectivity index (χ1v) is 11.6. The quantitative estimate of drug-likeness (QED) is 0.410. The number of amides is 2. The number of hydrogen-bond acceptors (Lipinski definition) is 3. The van der Waals surface area contributed by atoms with Crippen molar-refractivity contribution in [2.45, 2.75) is 46.2 Å². The van der Waals surface area contributed by atoms with Gasteiger partial charge in [0.2, 0.25) is 11.8 Å². The summed E-state index contributed by atoms with van der Waals surface area (Å²) in [6.07, 6.45) is 0.852. The lowest BCUT2D eigenvalue weighted by atomic mass is 10.1. The molecule has 1 atom stereocenters. The van der Waals surface area contributed by atoms with Gasteiger partial charge < -0.3 is 15.0 Å². The molecule has 0 saturated heterocycles. The van der Waals surface area contributed by atoms with Crippen LogP contribution >= 0.6 is 27.5 Å². The highest BCUT2D eigenvalue weighted by atomic mass is 79.9. The van der Waals surface area contributed by atoms with Crippen molar-refractivity contribution in [3.63, 3.8) is 0 Å². The predicted molar refractivity (Wildman–Crippen MR) is 128 cm³/mol. The Labute approximate surface area is 198 Å². The van der Waals surface area contributed by atoms with Gasteiger partial charge in [-0.15, -0.1) is 0 Å². The Balaban J connectivity index is 1.97. The Morgan fingerprint density at radius 3 is 2.32 bits per heavy atom. The van der Waals surface area contributed by atoms with Crippen molar-refractivity contribution in [3.8, 4) is 5.75 Å². The van der Waals surface area contributed by atoms with E-state index in [9.17, 15) is 9.59 Å². The molecule has 2 aromatic carbocycles. The largest absolute Gasteiger partial charge is 0.494 e. The normalized spacial score (nSPS) is 11.8. The summed E-state index contributed by atoms with van der Waals surface area (Å²) in [4.78, 5) is 27.3. The molecule has 0 aromatic heterocycles. The lowest BCUT2D eigenvalue weighted by molar-refractivity contribution is -0.140. The fraction of sp³-hybridized carbons (Fsp3) is 0.417. The maximum atomic E-state index is 13.0. The standard InChI is InChI=1S/C24H30BrClN2O3/c1-17(2)15-27-24(30)18(3)28(16-19-6-8-20(25)9-7-19)23(29)5-4-14-31-22-12-10-21(26)11-13-22/h6-13,17-18H,4-5,14-16H2,1-3H3,(H,27,30)/t18-/m1/s1. The van der Waals surface area contributed by atoms with E-state index in [-0.39, 0.29) is 11.8 Å². The SMILES string of the molecule is CC(C)CNC(=O)[C@@H](C)N(Cc1ccc(Br)cc1)C(=O)CCCOc1ccc(Cl)cc1. The molecule has 7 heteroatoms. The molecule has 0 aliphatic heterocycles. The van der Waals surface area contributed by atoms with Gasteiger partial charge in [0.05, 0.1) is 6.61 Å². The zero-order valence-electron chi connectivity index (χ0n) is 18.2. The van der Waals surface area contributed by atoms with Crippen LogP contribution in [0.4, 0.5) is 0 Å². The molecule has 168 valence electrons. The third kappa shape index (κ3) is 8.91. The van der Waals surface area contributed by atoms with Crippen LogP contribution in [0.5, 0.6) is 5.75 Å². The van der Waals surface area contributed by atoms with E-state index in [0.29, 0.717) is 49.2 Å². The van der Waals surface area contributed by atoms with E-state index in [2.05, 4.69) is 21.2 Å². The number of ether oxygens (including phenoxy) is 1. The van der Waals surface area contributed by atoms with Crippen molar-refractivity contribution in [1.82, 2.24) is 10.2 Å². The van der Waals surface area contributed by atoms with Gasteiger partial charge in [-0.1, -0.05) is 53.5 Å². The average Bonchev–Trinajstić information content (AvgIpc) is 2.75. The molecule has 5 nitrogen and oxygen atoms in total. The van der Waals surface area contributed by atoms with E-state index in [1.54, 1.807) is 36.1 Å². The average molecular weight is 510 g/mol. The first-order valence-electron chi connectivity index (χ1n) is 10.5. The van der Waals surface area contributed by atoms with Crippen LogP contribution in [0.2, 0.25) is 5.02 Å². The molecule has 0 unspecified atom stereocenters. The second-order valence-electron chi connectivity index (χ2n) is 7.87. The lowest BCUT2D eigenvalue weighted by Crippen LogP contribution is -2.48. The Kier molecular flexibility index (Phi) is 10.3. The maximum absolute atomic E-state index is 13.0. The molecular formula is C24H30BrClN2O3. The highest BCUT2D eigenvalue weighted by Crippen LogP contribution is 2.17. The number of nitrogens with zero attached hydrogens (tertiary/aromatic N) is 1. The van der Waals surface area contributed by atoms with Crippen molar-refractivity contribution < 1.29 is 14.3 Å². The molecule has 0 heterocycles. The summed E-state index contributed by atoms with van der Waals surface area (Å²) < 4.78 is 6.65. The minimum absolute atomic E-state index is 0.0742. The van der Waals surface area contributed by atoms with Crippen LogP contribution in [-0.2, 0) is 16.1 Å². The molecule has 31 heavy (non-hydrogen) atoms. The smallest absolute Gasteiger partial charge is 0.242 e. The van der Waals surface area contributed by atoms with Gasteiger partial charge in [0.25, 0.3) is 0 Å². The number of benzene rings is 2. The molecule has 0 aliphatic carbocycles. The molecule has 2 aromatic rings. The van der Waals surface area contributed by atoms with Crippen molar-refractivity contribution in [2.75, 3.05) is 13.2 Å². The number of halogens is 2. The number of carbonyl (C=O) groups is 2. The third-order valence-electron chi connectivity index (χ3n) is 4.74. The Bertz CT molecular complexity index is 841. The predicted octanol–water partition coefficient (Wildman–Crippen LogP) is 5.45. The summed E-state index contributed by atoms with van der Waals surface area (Å²) in [6.45, 7) is 7.22. The number of rotatable bonds is 11. The first kappa shape index (κ1) is 25.2. The van der Waals surface area contributed by atoms with Crippen LogP contribution < -0.4 is 10.1 Å². The second kappa shape index (κ2) is 12.7. The van der Waals surface area contributed by atoms with Crippen molar-refractivity contribution in [1.29, 1.82) is 0 Å². The molecule has 0 spiro atoms. The highest BCUT2D eigenvalue weighted by molar-refractivity contribution is 9.10. The fourth-order valence-electron chi connectivity index (χ4n) is 2.91. The molecule has 0 aliphatic rings. The number of hydrogen-bond donors (Lipinski definition) is 1. The second-order valence-corrected chi connectivity index (χ2v) is 9.22. The Morgan fingerprint density at radius 2 is 1.71 bits per heavy atom. The molecule has 0 fully saturated rings. The van der Waals surface area contributed by atoms with Gasteiger partial charge in [0, 0.05) is 29.0 Å². The molecule has 0 saturated carbocycles. The van der Waals surface area contributed by atoms with Crippen molar-refractivity contribution in [3.05, 3.63) is 63.6 Å².